The normalized spacial score (nSPS) is 19.5. The van der Waals surface area contributed by atoms with Gasteiger partial charge < -0.3 is 0 Å². The molecule has 2 aliphatic carbocycles. The highest BCUT2D eigenvalue weighted by atomic mass is 32.2. The third-order valence-corrected chi connectivity index (χ3v) is 8.90. The van der Waals surface area contributed by atoms with Gasteiger partial charge in [0.05, 0.1) is 23.6 Å². The van der Waals surface area contributed by atoms with E-state index in [0.29, 0.717) is 6.42 Å². The van der Waals surface area contributed by atoms with Crippen LogP contribution in [0.4, 0.5) is 8.78 Å². The molecular formula is C26H24F2N4O2S. The second-order valence-electron chi connectivity index (χ2n) is 9.01. The van der Waals surface area contributed by atoms with E-state index >= 15 is 0 Å². The first-order chi connectivity index (χ1) is 16.8. The monoisotopic (exact) mass is 494 g/mol. The molecule has 9 heteroatoms. The Hall–Kier alpha value is -3.35. The molecule has 0 spiro atoms. The van der Waals surface area contributed by atoms with Crippen LogP contribution in [-0.4, -0.2) is 35.6 Å². The lowest BCUT2D eigenvalue weighted by Crippen LogP contribution is -2.37. The van der Waals surface area contributed by atoms with E-state index in [4.69, 9.17) is 0 Å². The number of hydrogen-bond acceptors (Lipinski definition) is 4. The van der Waals surface area contributed by atoms with Gasteiger partial charge in [-0.05, 0) is 55.2 Å². The molecule has 2 atom stereocenters. The van der Waals surface area contributed by atoms with Crippen LogP contribution in [-0.2, 0) is 16.4 Å². The van der Waals surface area contributed by atoms with E-state index < -0.39 is 20.7 Å². The van der Waals surface area contributed by atoms with Crippen LogP contribution in [0.3, 0.4) is 0 Å². The smallest absolute Gasteiger partial charge is 0.237 e. The number of halogens is 2. The number of rotatable bonds is 6. The van der Waals surface area contributed by atoms with E-state index in [1.165, 1.54) is 41.5 Å². The Labute approximate surface area is 203 Å². The lowest BCUT2D eigenvalue weighted by atomic mass is 9.80. The van der Waals surface area contributed by atoms with Gasteiger partial charge >= 0.3 is 0 Å². The van der Waals surface area contributed by atoms with Crippen molar-refractivity contribution in [3.63, 3.8) is 0 Å². The summed E-state index contributed by atoms with van der Waals surface area (Å²) in [6, 6.07) is 13.4. The molecule has 0 unspecified atom stereocenters. The fourth-order valence-corrected chi connectivity index (χ4v) is 6.89. The number of sulfonamides is 1. The Kier molecular flexibility index (Phi) is 6.03. The summed E-state index contributed by atoms with van der Waals surface area (Å²) in [7, 11) is -4.17. The minimum Gasteiger partial charge on any atom is -0.237 e. The fraction of sp³-hybridized carbons (Fsp3) is 0.308. The summed E-state index contributed by atoms with van der Waals surface area (Å²) in [5.74, 6) is -1.18. The second kappa shape index (κ2) is 9.02. The first-order valence-corrected chi connectivity index (χ1v) is 12.9. The number of fused-ring (bicyclic) bond motifs is 1. The third kappa shape index (κ3) is 4.07. The highest BCUT2D eigenvalue weighted by Crippen LogP contribution is 2.47. The number of allylic oxidation sites excluding steroid dienone is 1. The van der Waals surface area contributed by atoms with E-state index in [-0.39, 0.29) is 30.7 Å². The average Bonchev–Trinajstić information content (AvgIpc) is 3.44. The van der Waals surface area contributed by atoms with Gasteiger partial charge in [-0.15, -0.1) is 0 Å². The average molecular weight is 495 g/mol. The van der Waals surface area contributed by atoms with Gasteiger partial charge in [0.1, 0.15) is 23.1 Å². The van der Waals surface area contributed by atoms with Gasteiger partial charge in [0.15, 0.2) is 0 Å². The molecule has 180 valence electrons. The number of nitriles is 1. The molecule has 0 amide bonds. The van der Waals surface area contributed by atoms with Crippen molar-refractivity contribution in [3.05, 3.63) is 88.8 Å². The molecule has 0 radical (unpaired) electrons. The molecular weight excluding hydrogens is 470 g/mol. The van der Waals surface area contributed by atoms with Crippen LogP contribution in [0.25, 0.3) is 5.69 Å². The SMILES string of the molecule is C[C@@H]1C2=C(CC[C@@H]2CN(CC#N)S(=O)(=O)c2ccccc2F)Cc2c1cnn2-c1ccc(F)cc1. The predicted molar refractivity (Wildman–Crippen MR) is 126 cm³/mol. The summed E-state index contributed by atoms with van der Waals surface area (Å²) in [6.07, 6.45) is 4.09. The molecule has 0 saturated heterocycles. The Morgan fingerprint density at radius 1 is 1.17 bits per heavy atom. The van der Waals surface area contributed by atoms with Crippen molar-refractivity contribution in [3.8, 4) is 11.8 Å². The summed E-state index contributed by atoms with van der Waals surface area (Å²) in [6.45, 7) is 1.86. The highest BCUT2D eigenvalue weighted by Gasteiger charge is 2.39. The molecule has 0 fully saturated rings. The van der Waals surface area contributed by atoms with Crippen LogP contribution >= 0.6 is 0 Å². The Balaban J connectivity index is 1.44. The summed E-state index contributed by atoms with van der Waals surface area (Å²) < 4.78 is 57.1. The van der Waals surface area contributed by atoms with Crippen molar-refractivity contribution >= 4 is 10.0 Å². The van der Waals surface area contributed by atoms with Gasteiger partial charge in [-0.25, -0.2) is 21.9 Å². The highest BCUT2D eigenvalue weighted by molar-refractivity contribution is 7.89. The second-order valence-corrected chi connectivity index (χ2v) is 10.9. The number of hydrogen-bond donors (Lipinski definition) is 0. The van der Waals surface area contributed by atoms with Gasteiger partial charge in [-0.1, -0.05) is 30.2 Å². The Morgan fingerprint density at radius 3 is 2.63 bits per heavy atom. The molecule has 0 bridgehead atoms. The summed E-state index contributed by atoms with van der Waals surface area (Å²) in [4.78, 5) is -0.415. The topological polar surface area (TPSA) is 79.0 Å². The maximum Gasteiger partial charge on any atom is 0.246 e. The van der Waals surface area contributed by atoms with Crippen molar-refractivity contribution in [2.24, 2.45) is 5.92 Å². The van der Waals surface area contributed by atoms with Crippen molar-refractivity contribution in [2.45, 2.75) is 37.0 Å². The maximum absolute atomic E-state index is 14.3. The van der Waals surface area contributed by atoms with Crippen LogP contribution in [0.5, 0.6) is 0 Å². The quantitative estimate of drug-likeness (QED) is 0.367. The van der Waals surface area contributed by atoms with Gasteiger partial charge in [0, 0.05) is 24.4 Å². The molecule has 2 aliphatic rings. The van der Waals surface area contributed by atoms with E-state index in [0.717, 1.165) is 40.2 Å². The predicted octanol–water partition coefficient (Wildman–Crippen LogP) is 4.73. The van der Waals surface area contributed by atoms with Crippen molar-refractivity contribution < 1.29 is 17.2 Å². The summed E-state index contributed by atoms with van der Waals surface area (Å²) >= 11 is 0. The summed E-state index contributed by atoms with van der Waals surface area (Å²) in [5, 5.41) is 13.9. The number of aromatic nitrogens is 2. The molecule has 1 heterocycles. The molecule has 3 aromatic rings. The molecule has 0 saturated carbocycles. The van der Waals surface area contributed by atoms with Crippen molar-refractivity contribution in [1.82, 2.24) is 14.1 Å². The molecule has 2 aromatic carbocycles. The van der Waals surface area contributed by atoms with E-state index in [1.807, 2.05) is 16.9 Å². The molecule has 35 heavy (non-hydrogen) atoms. The van der Waals surface area contributed by atoms with Gasteiger partial charge in [0.2, 0.25) is 10.0 Å². The van der Waals surface area contributed by atoms with Gasteiger partial charge in [-0.3, -0.25) is 0 Å². The van der Waals surface area contributed by atoms with E-state index in [2.05, 4.69) is 12.0 Å². The van der Waals surface area contributed by atoms with Crippen LogP contribution in [0.15, 0.2) is 70.8 Å². The first-order valence-electron chi connectivity index (χ1n) is 11.5. The Bertz CT molecular complexity index is 1460. The fourth-order valence-electron chi connectivity index (χ4n) is 5.44. The molecule has 1 aromatic heterocycles. The lowest BCUT2D eigenvalue weighted by Gasteiger charge is -2.30. The van der Waals surface area contributed by atoms with Gasteiger partial charge in [-0.2, -0.15) is 14.7 Å². The van der Waals surface area contributed by atoms with Crippen LogP contribution in [0.2, 0.25) is 0 Å². The lowest BCUT2D eigenvalue weighted by molar-refractivity contribution is 0.381. The first kappa shape index (κ1) is 23.4. The summed E-state index contributed by atoms with van der Waals surface area (Å²) in [5.41, 5.74) is 5.33. The van der Waals surface area contributed by atoms with Crippen LogP contribution < -0.4 is 0 Å². The number of nitrogens with zero attached hydrogens (tertiary/aromatic N) is 4. The third-order valence-electron chi connectivity index (χ3n) is 7.05. The molecule has 0 N–H and O–H groups in total. The van der Waals surface area contributed by atoms with Crippen molar-refractivity contribution in [1.29, 1.82) is 5.26 Å². The minimum atomic E-state index is -4.17. The molecule has 5 rings (SSSR count). The van der Waals surface area contributed by atoms with E-state index in [9.17, 15) is 22.5 Å². The zero-order valence-electron chi connectivity index (χ0n) is 19.2. The van der Waals surface area contributed by atoms with E-state index in [1.54, 1.807) is 12.1 Å². The van der Waals surface area contributed by atoms with Crippen molar-refractivity contribution in [2.75, 3.05) is 13.1 Å². The zero-order chi connectivity index (χ0) is 24.7. The molecule has 6 nitrogen and oxygen atoms in total. The standard InChI is InChI=1S/C26H24F2N4O2S/c1-17-22-15-30-32(21-10-8-20(27)9-11-21)24(22)14-18-6-7-19(26(17)18)16-31(13-12-29)35(33,34)25-5-3-2-4-23(25)28/h2-5,8-11,15,17,19H,6-7,13-14,16H2,1H3/t17-,19+/m0/s1. The van der Waals surface area contributed by atoms with Crippen LogP contribution in [0, 0.1) is 28.9 Å². The Morgan fingerprint density at radius 2 is 1.91 bits per heavy atom. The maximum atomic E-state index is 14.3. The minimum absolute atomic E-state index is 0.0237. The number of benzene rings is 2. The molecule has 0 aliphatic heterocycles. The largest absolute Gasteiger partial charge is 0.246 e. The van der Waals surface area contributed by atoms with Crippen LogP contribution in [0.1, 0.15) is 36.9 Å². The zero-order valence-corrected chi connectivity index (χ0v) is 20.0. The van der Waals surface area contributed by atoms with Gasteiger partial charge in [0.25, 0.3) is 0 Å².